The summed E-state index contributed by atoms with van der Waals surface area (Å²) in [6, 6.07) is 10.3. The molecule has 9 nitrogen and oxygen atoms in total. The van der Waals surface area contributed by atoms with E-state index in [0.29, 0.717) is 35.5 Å². The molecule has 4 aromatic rings. The Balaban J connectivity index is 1.28. The van der Waals surface area contributed by atoms with Crippen LogP contribution < -0.4 is 15.0 Å². The van der Waals surface area contributed by atoms with E-state index in [0.717, 1.165) is 48.0 Å². The molecule has 3 aromatic heterocycles. The molecule has 1 atom stereocenters. The first-order valence-corrected chi connectivity index (χ1v) is 11.6. The van der Waals surface area contributed by atoms with Crippen LogP contribution in [-0.4, -0.2) is 56.7 Å². The summed E-state index contributed by atoms with van der Waals surface area (Å²) in [6.45, 7) is 5.09. The number of ether oxygens (including phenoxy) is 1. The predicted molar refractivity (Wildman–Crippen MR) is 128 cm³/mol. The lowest BCUT2D eigenvalue weighted by Crippen LogP contribution is -2.52. The van der Waals surface area contributed by atoms with Gasteiger partial charge in [-0.2, -0.15) is 0 Å². The molecular formula is C25H25N7O2. The van der Waals surface area contributed by atoms with Gasteiger partial charge in [-0.25, -0.2) is 9.97 Å². The molecule has 1 aliphatic heterocycles. The van der Waals surface area contributed by atoms with Crippen LogP contribution in [-0.2, 0) is 4.79 Å². The number of hydrogen-bond donors (Lipinski definition) is 1. The Morgan fingerprint density at radius 1 is 1.09 bits per heavy atom. The van der Waals surface area contributed by atoms with E-state index in [1.54, 1.807) is 6.20 Å². The fraction of sp³-hybridized carbons (Fsp3) is 0.320. The number of carbonyl (C=O) groups excluding carboxylic acids is 1. The number of carbonyl (C=O) groups is 1. The van der Waals surface area contributed by atoms with Gasteiger partial charge in [0, 0.05) is 37.4 Å². The smallest absolute Gasteiger partial charge is 0.298 e. The van der Waals surface area contributed by atoms with Gasteiger partial charge in [-0.1, -0.05) is 6.07 Å². The number of imidazole rings is 1. The summed E-state index contributed by atoms with van der Waals surface area (Å²) in [5.74, 6) is 2.75. The van der Waals surface area contributed by atoms with Crippen molar-refractivity contribution >= 4 is 17.9 Å². The maximum Gasteiger partial charge on any atom is 0.298 e. The van der Waals surface area contributed by atoms with E-state index in [9.17, 15) is 4.79 Å². The summed E-state index contributed by atoms with van der Waals surface area (Å²) in [5.41, 5.74) is 4.15. The summed E-state index contributed by atoms with van der Waals surface area (Å²) in [5, 5.41) is 12.4. The normalized spacial score (nSPS) is 18.3. The van der Waals surface area contributed by atoms with Gasteiger partial charge in [-0.15, -0.1) is 10.2 Å². The fourth-order valence-electron chi connectivity index (χ4n) is 4.69. The van der Waals surface area contributed by atoms with Gasteiger partial charge in [0.25, 0.3) is 6.47 Å². The standard InChI is InChI=1S/C25H25N7O2/c1-16-27-12-20-10-19(6-8-32(16)20)18-4-5-21(24(11-18)34-15-33)22-13-28-25(30-29-22)31-9-7-26-23(14-31)17-2-3-17/h4-6,8,10-13,15,17,23,26H,2-3,7,9,14H2,1H3/t23-/m1/s1. The zero-order chi connectivity index (χ0) is 23.1. The summed E-state index contributed by atoms with van der Waals surface area (Å²) < 4.78 is 7.35. The molecule has 0 bridgehead atoms. The van der Waals surface area contributed by atoms with Crippen molar-refractivity contribution in [3.63, 3.8) is 0 Å². The number of piperazine rings is 1. The third-order valence-corrected chi connectivity index (χ3v) is 6.71. The number of hydrogen-bond acceptors (Lipinski definition) is 8. The molecule has 1 saturated carbocycles. The van der Waals surface area contributed by atoms with Crippen molar-refractivity contribution in [3.05, 3.63) is 54.7 Å². The molecule has 0 amide bonds. The third kappa shape index (κ3) is 3.88. The highest BCUT2D eigenvalue weighted by Gasteiger charge is 2.34. The first-order valence-electron chi connectivity index (χ1n) is 11.6. The van der Waals surface area contributed by atoms with Crippen LogP contribution in [0.15, 0.2) is 48.9 Å². The maximum atomic E-state index is 11.2. The molecule has 2 aliphatic rings. The second-order valence-electron chi connectivity index (χ2n) is 8.93. The van der Waals surface area contributed by atoms with E-state index in [1.807, 2.05) is 48.0 Å². The van der Waals surface area contributed by atoms with Gasteiger partial charge in [-0.3, -0.25) is 4.79 Å². The van der Waals surface area contributed by atoms with Crippen LogP contribution in [0.5, 0.6) is 5.75 Å². The number of rotatable bonds is 6. The van der Waals surface area contributed by atoms with Gasteiger partial charge in [0.2, 0.25) is 5.95 Å². The molecule has 1 saturated heterocycles. The minimum absolute atomic E-state index is 0.414. The molecule has 1 aliphatic carbocycles. The van der Waals surface area contributed by atoms with Gasteiger partial charge in [0.15, 0.2) is 0 Å². The van der Waals surface area contributed by atoms with E-state index in [2.05, 4.69) is 36.4 Å². The van der Waals surface area contributed by atoms with Crippen LogP contribution in [0.4, 0.5) is 5.95 Å². The van der Waals surface area contributed by atoms with Gasteiger partial charge >= 0.3 is 0 Å². The lowest BCUT2D eigenvalue weighted by atomic mass is 10.0. The quantitative estimate of drug-likeness (QED) is 0.443. The largest absolute Gasteiger partial charge is 0.428 e. The van der Waals surface area contributed by atoms with Crippen LogP contribution >= 0.6 is 0 Å². The van der Waals surface area contributed by atoms with Crippen molar-refractivity contribution in [2.45, 2.75) is 25.8 Å². The maximum absolute atomic E-state index is 11.2. The Labute approximate surface area is 196 Å². The Hall–Kier alpha value is -3.85. The average molecular weight is 456 g/mol. The Morgan fingerprint density at radius 3 is 2.76 bits per heavy atom. The molecule has 1 N–H and O–H groups in total. The zero-order valence-electron chi connectivity index (χ0n) is 18.9. The molecule has 9 heteroatoms. The lowest BCUT2D eigenvalue weighted by Gasteiger charge is -2.33. The number of aryl methyl sites for hydroxylation is 1. The second kappa shape index (κ2) is 8.49. The van der Waals surface area contributed by atoms with E-state index in [4.69, 9.17) is 4.74 Å². The van der Waals surface area contributed by atoms with Crippen LogP contribution in [0, 0.1) is 12.8 Å². The van der Waals surface area contributed by atoms with Crippen molar-refractivity contribution in [2.75, 3.05) is 24.5 Å². The van der Waals surface area contributed by atoms with E-state index in [-0.39, 0.29) is 0 Å². The van der Waals surface area contributed by atoms with Gasteiger partial charge in [0.1, 0.15) is 17.3 Å². The van der Waals surface area contributed by atoms with E-state index >= 15 is 0 Å². The molecule has 172 valence electrons. The van der Waals surface area contributed by atoms with Crippen LogP contribution in [0.2, 0.25) is 0 Å². The number of benzene rings is 1. The van der Waals surface area contributed by atoms with Gasteiger partial charge < -0.3 is 19.4 Å². The number of aromatic nitrogens is 5. The first-order chi connectivity index (χ1) is 16.7. The highest BCUT2D eigenvalue weighted by atomic mass is 16.5. The number of pyridine rings is 1. The van der Waals surface area contributed by atoms with Crippen LogP contribution in [0.25, 0.3) is 27.9 Å². The van der Waals surface area contributed by atoms with E-state index in [1.165, 1.54) is 12.8 Å². The summed E-state index contributed by atoms with van der Waals surface area (Å²) in [7, 11) is 0. The van der Waals surface area contributed by atoms with Crippen LogP contribution in [0.3, 0.4) is 0 Å². The summed E-state index contributed by atoms with van der Waals surface area (Å²) in [6.07, 6.45) is 8.12. The zero-order valence-corrected chi connectivity index (χ0v) is 18.9. The monoisotopic (exact) mass is 455 g/mol. The highest BCUT2D eigenvalue weighted by molar-refractivity contribution is 5.77. The minimum Gasteiger partial charge on any atom is -0.428 e. The van der Waals surface area contributed by atoms with Crippen molar-refractivity contribution in [1.29, 1.82) is 0 Å². The molecule has 4 heterocycles. The molecule has 2 fully saturated rings. The van der Waals surface area contributed by atoms with Crippen molar-refractivity contribution < 1.29 is 9.53 Å². The SMILES string of the molecule is Cc1ncc2cc(-c3ccc(-c4cnc(N5CCN[C@@H](C6CC6)C5)nn4)c(OC=O)c3)ccn12. The molecule has 34 heavy (non-hydrogen) atoms. The van der Waals surface area contributed by atoms with Crippen molar-refractivity contribution in [2.24, 2.45) is 5.92 Å². The summed E-state index contributed by atoms with van der Waals surface area (Å²) in [4.78, 5) is 22.4. The Morgan fingerprint density at radius 2 is 1.97 bits per heavy atom. The fourth-order valence-corrected chi connectivity index (χ4v) is 4.69. The van der Waals surface area contributed by atoms with Gasteiger partial charge in [0.05, 0.1) is 17.9 Å². The predicted octanol–water partition coefficient (Wildman–Crippen LogP) is 2.89. The second-order valence-corrected chi connectivity index (χ2v) is 8.93. The number of nitrogens with one attached hydrogen (secondary N) is 1. The molecular weight excluding hydrogens is 430 g/mol. The van der Waals surface area contributed by atoms with Crippen molar-refractivity contribution in [1.82, 2.24) is 29.9 Å². The Kier molecular flexibility index (Phi) is 5.18. The highest BCUT2D eigenvalue weighted by Crippen LogP contribution is 2.35. The number of anilines is 1. The molecule has 0 radical (unpaired) electrons. The average Bonchev–Trinajstić information content (AvgIpc) is 3.67. The summed E-state index contributed by atoms with van der Waals surface area (Å²) >= 11 is 0. The van der Waals surface area contributed by atoms with Gasteiger partial charge in [-0.05, 0) is 61.1 Å². The van der Waals surface area contributed by atoms with E-state index < -0.39 is 0 Å². The number of fused-ring (bicyclic) bond motifs is 1. The third-order valence-electron chi connectivity index (χ3n) is 6.71. The first kappa shape index (κ1) is 20.7. The number of nitrogens with zero attached hydrogens (tertiary/aromatic N) is 6. The Bertz CT molecular complexity index is 1350. The molecule has 0 unspecified atom stereocenters. The lowest BCUT2D eigenvalue weighted by molar-refractivity contribution is -0.120. The molecule has 0 spiro atoms. The van der Waals surface area contributed by atoms with Crippen molar-refractivity contribution in [3.8, 4) is 28.1 Å². The minimum atomic E-state index is 0.414. The molecule has 1 aromatic carbocycles. The molecule has 6 rings (SSSR count). The topological polar surface area (TPSA) is 97.5 Å². The van der Waals surface area contributed by atoms with Crippen LogP contribution in [0.1, 0.15) is 18.7 Å².